The molecule has 0 amide bonds. The topological polar surface area (TPSA) is 377 Å². The fourth-order valence-electron chi connectivity index (χ4n) is 5.14. The number of carbonyl (C=O) groups is 4. The van der Waals surface area contributed by atoms with Gasteiger partial charge in [0.25, 0.3) is 0 Å². The summed E-state index contributed by atoms with van der Waals surface area (Å²) in [5.41, 5.74) is -2.68. The van der Waals surface area contributed by atoms with Crippen LogP contribution in [0.15, 0.2) is 48.5 Å². The third kappa shape index (κ3) is 7.95. The Kier molecular flexibility index (Phi) is 10.8. The number of aliphatic hydroxyl groups is 1. The van der Waals surface area contributed by atoms with Gasteiger partial charge in [0.05, 0.1) is 22.3 Å². The minimum absolute atomic E-state index is 0.570. The highest BCUT2D eigenvalue weighted by Crippen LogP contribution is 2.40. The molecule has 22 heteroatoms. The maximum absolute atomic E-state index is 13.5. The van der Waals surface area contributed by atoms with E-state index in [9.17, 15) is 85.6 Å². The number of ether oxygens (including phenoxy) is 5. The SMILES string of the molecule is O=C(OCC1O[C@@H](O)[C@H](OC(=O)c2cc(O)c(O)c(O)c2)[C@@H](OC(=O)c2cc(O)c(O)c(O)c2)C1OC(=O)c1cc(O)c(O)c(O)c1)c1cc(O)c(O)c(O)c1. The van der Waals surface area contributed by atoms with E-state index < -0.39 is 152 Å². The Morgan fingerprint density at radius 1 is 0.429 bits per heavy atom. The van der Waals surface area contributed by atoms with Crippen molar-refractivity contribution in [2.75, 3.05) is 6.61 Å². The third-order valence-corrected chi connectivity index (χ3v) is 7.94. The van der Waals surface area contributed by atoms with E-state index >= 15 is 0 Å². The summed E-state index contributed by atoms with van der Waals surface area (Å²) in [6.07, 6.45) is -11.2. The zero-order chi connectivity index (χ0) is 41.3. The molecule has 5 rings (SSSR count). The molecule has 56 heavy (non-hydrogen) atoms. The molecule has 0 spiro atoms. The first kappa shape index (κ1) is 39.5. The number of esters is 4. The summed E-state index contributed by atoms with van der Waals surface area (Å²) < 4.78 is 26.8. The van der Waals surface area contributed by atoms with Gasteiger partial charge < -0.3 is 90.1 Å². The summed E-state index contributed by atoms with van der Waals surface area (Å²) >= 11 is 0. The van der Waals surface area contributed by atoms with Gasteiger partial charge in [-0.05, 0) is 48.5 Å². The van der Waals surface area contributed by atoms with Crippen LogP contribution in [-0.4, -0.2) is 128 Å². The van der Waals surface area contributed by atoms with Gasteiger partial charge >= 0.3 is 23.9 Å². The van der Waals surface area contributed by atoms with Crippen molar-refractivity contribution in [2.24, 2.45) is 0 Å². The molecule has 0 saturated carbocycles. The van der Waals surface area contributed by atoms with Crippen LogP contribution < -0.4 is 0 Å². The minimum Gasteiger partial charge on any atom is -0.504 e. The van der Waals surface area contributed by atoms with E-state index in [2.05, 4.69) is 0 Å². The first-order valence-corrected chi connectivity index (χ1v) is 15.4. The summed E-state index contributed by atoms with van der Waals surface area (Å²) in [4.78, 5) is 53.1. The van der Waals surface area contributed by atoms with E-state index in [1.54, 1.807) is 0 Å². The van der Waals surface area contributed by atoms with Gasteiger partial charge in [0.1, 0.15) is 12.7 Å². The molecule has 0 aliphatic carbocycles. The van der Waals surface area contributed by atoms with E-state index in [-0.39, 0.29) is 0 Å². The number of hydrogen-bond acceptors (Lipinski definition) is 22. The normalized spacial score (nSPS) is 19.1. The van der Waals surface area contributed by atoms with Crippen molar-refractivity contribution in [3.8, 4) is 69.0 Å². The van der Waals surface area contributed by atoms with E-state index in [1.807, 2.05) is 0 Å². The highest BCUT2D eigenvalue weighted by molar-refractivity contribution is 5.93. The second-order valence-electron chi connectivity index (χ2n) is 11.7. The van der Waals surface area contributed by atoms with Gasteiger partial charge in [-0.3, -0.25) is 0 Å². The van der Waals surface area contributed by atoms with Crippen molar-refractivity contribution in [3.05, 3.63) is 70.8 Å². The van der Waals surface area contributed by atoms with Crippen LogP contribution in [0.25, 0.3) is 0 Å². The van der Waals surface area contributed by atoms with Crippen molar-refractivity contribution < 1.29 is 109 Å². The quantitative estimate of drug-likeness (QED) is 0.0630. The van der Waals surface area contributed by atoms with Crippen LogP contribution in [-0.2, 0) is 23.7 Å². The summed E-state index contributed by atoms with van der Waals surface area (Å²) in [5.74, 6) is -18.2. The van der Waals surface area contributed by atoms with Crippen LogP contribution in [0.3, 0.4) is 0 Å². The zero-order valence-electron chi connectivity index (χ0n) is 27.7. The average molecular weight is 789 g/mol. The molecular weight excluding hydrogens is 760 g/mol. The van der Waals surface area contributed by atoms with Crippen LogP contribution in [0.4, 0.5) is 0 Å². The molecule has 1 heterocycles. The number of aromatic hydroxyl groups is 12. The van der Waals surface area contributed by atoms with Crippen molar-refractivity contribution in [1.82, 2.24) is 0 Å². The first-order chi connectivity index (χ1) is 26.3. The summed E-state index contributed by atoms with van der Waals surface area (Å²) in [6, 6.07) is 4.99. The molecule has 1 saturated heterocycles. The molecule has 0 aromatic heterocycles. The third-order valence-electron chi connectivity index (χ3n) is 7.94. The van der Waals surface area contributed by atoms with Gasteiger partial charge in [-0.15, -0.1) is 0 Å². The van der Waals surface area contributed by atoms with Crippen LogP contribution in [0.1, 0.15) is 41.4 Å². The lowest BCUT2D eigenvalue weighted by Crippen LogP contribution is -2.62. The van der Waals surface area contributed by atoms with Crippen molar-refractivity contribution in [1.29, 1.82) is 0 Å². The Balaban J connectivity index is 1.57. The average Bonchev–Trinajstić information content (AvgIpc) is 3.14. The summed E-state index contributed by atoms with van der Waals surface area (Å²) in [5, 5.41) is 129. The molecule has 1 fully saturated rings. The molecule has 4 aromatic rings. The van der Waals surface area contributed by atoms with Gasteiger partial charge in [0.2, 0.25) is 0 Å². The summed E-state index contributed by atoms with van der Waals surface area (Å²) in [7, 11) is 0. The Labute approximate surface area is 310 Å². The molecule has 296 valence electrons. The Bertz CT molecular complexity index is 2140. The number of aliphatic hydroxyl groups excluding tert-OH is 1. The number of carbonyl (C=O) groups excluding carboxylic acids is 4. The highest BCUT2D eigenvalue weighted by Gasteiger charge is 2.53. The van der Waals surface area contributed by atoms with Gasteiger partial charge in [-0.1, -0.05) is 0 Å². The van der Waals surface area contributed by atoms with E-state index in [0.29, 0.717) is 48.5 Å². The Morgan fingerprint density at radius 2 is 0.696 bits per heavy atom. The molecule has 4 aromatic carbocycles. The largest absolute Gasteiger partial charge is 0.504 e. The fourth-order valence-corrected chi connectivity index (χ4v) is 5.14. The molecule has 1 aliphatic rings. The van der Waals surface area contributed by atoms with Crippen LogP contribution in [0.2, 0.25) is 0 Å². The fraction of sp³-hybridized carbons (Fsp3) is 0.176. The number of phenols is 12. The lowest BCUT2D eigenvalue weighted by molar-refractivity contribution is -0.284. The van der Waals surface area contributed by atoms with Crippen LogP contribution in [0.5, 0.6) is 69.0 Å². The van der Waals surface area contributed by atoms with Gasteiger partial charge in [-0.25, -0.2) is 19.2 Å². The van der Waals surface area contributed by atoms with Crippen molar-refractivity contribution >= 4 is 23.9 Å². The van der Waals surface area contributed by atoms with E-state index in [0.717, 1.165) is 0 Å². The molecule has 0 radical (unpaired) electrons. The smallest absolute Gasteiger partial charge is 0.339 e. The molecule has 0 bridgehead atoms. The Morgan fingerprint density at radius 3 is 1.02 bits per heavy atom. The Hall–Kier alpha value is -7.72. The molecular formula is C34H28O22. The number of hydrogen-bond donors (Lipinski definition) is 13. The first-order valence-electron chi connectivity index (χ1n) is 15.4. The van der Waals surface area contributed by atoms with E-state index in [1.165, 1.54) is 0 Å². The second-order valence-corrected chi connectivity index (χ2v) is 11.7. The van der Waals surface area contributed by atoms with Crippen LogP contribution in [0, 0.1) is 0 Å². The lowest BCUT2D eigenvalue weighted by Gasteiger charge is -2.42. The predicted molar refractivity (Wildman–Crippen MR) is 175 cm³/mol. The van der Waals surface area contributed by atoms with Gasteiger partial charge in [0.15, 0.2) is 93.6 Å². The van der Waals surface area contributed by atoms with Gasteiger partial charge in [-0.2, -0.15) is 0 Å². The van der Waals surface area contributed by atoms with Crippen molar-refractivity contribution in [3.63, 3.8) is 0 Å². The lowest BCUT2D eigenvalue weighted by atomic mass is 9.97. The maximum atomic E-state index is 13.5. The number of phenolic OH excluding ortho intramolecular Hbond substituents is 12. The molecule has 22 nitrogen and oxygen atoms in total. The molecule has 13 N–H and O–H groups in total. The molecule has 5 atom stereocenters. The monoisotopic (exact) mass is 788 g/mol. The zero-order valence-corrected chi connectivity index (χ0v) is 27.7. The van der Waals surface area contributed by atoms with E-state index in [4.69, 9.17) is 23.7 Å². The number of benzene rings is 4. The summed E-state index contributed by atoms with van der Waals surface area (Å²) in [6.45, 7) is -1.09. The van der Waals surface area contributed by atoms with Crippen LogP contribution >= 0.6 is 0 Å². The molecule has 2 unspecified atom stereocenters. The highest BCUT2D eigenvalue weighted by atomic mass is 16.7. The van der Waals surface area contributed by atoms with Gasteiger partial charge in [0, 0.05) is 0 Å². The van der Waals surface area contributed by atoms with Crippen molar-refractivity contribution in [2.45, 2.75) is 30.7 Å². The number of rotatable bonds is 9. The minimum atomic E-state index is -2.43. The predicted octanol–water partition coefficient (Wildman–Crippen LogP) is 0.705. The second kappa shape index (κ2) is 15.3. The standard InChI is InChI=1S/C34H28O22/c35-14-1-10(2-15(36)23(14)43)30(47)52-9-22-27(54-31(48)11-3-16(37)24(44)17(38)4-11)28(55-32(49)12-5-18(39)25(45)19(40)6-12)29(34(51)53-22)56-33(50)13-7-20(41)26(46)21(42)8-13/h1-8,22,27-29,34-46,51H,9H2/t22?,27?,28-,29+,34+/m0/s1. The maximum Gasteiger partial charge on any atom is 0.339 e. The molecule has 1 aliphatic heterocycles.